The van der Waals surface area contributed by atoms with Crippen molar-refractivity contribution in [1.29, 1.82) is 0 Å². The number of carbonyl (C=O) groups excluding carboxylic acids is 1. The zero-order valence-electron chi connectivity index (χ0n) is 9.29. The zero-order chi connectivity index (χ0) is 13.1. The normalized spacial score (nSPS) is 10.4. The van der Waals surface area contributed by atoms with Crippen LogP contribution in [0.15, 0.2) is 46.9 Å². The van der Waals surface area contributed by atoms with Crippen LogP contribution >= 0.6 is 15.9 Å². The predicted octanol–water partition coefficient (Wildman–Crippen LogP) is 4.15. The van der Waals surface area contributed by atoms with E-state index in [-0.39, 0.29) is 18.0 Å². The second-order valence-electron chi connectivity index (χ2n) is 3.88. The first-order chi connectivity index (χ1) is 8.54. The van der Waals surface area contributed by atoms with Crippen molar-refractivity contribution in [1.82, 2.24) is 0 Å². The highest BCUT2D eigenvalue weighted by Crippen LogP contribution is 2.17. The van der Waals surface area contributed by atoms with Gasteiger partial charge >= 0.3 is 0 Å². The van der Waals surface area contributed by atoms with E-state index in [9.17, 15) is 13.6 Å². The molecule has 0 bridgehead atoms. The van der Waals surface area contributed by atoms with E-state index in [2.05, 4.69) is 15.9 Å². The average Bonchev–Trinajstić information content (AvgIpc) is 2.28. The molecule has 0 aliphatic carbocycles. The van der Waals surface area contributed by atoms with Gasteiger partial charge in [0.2, 0.25) is 0 Å². The third kappa shape index (κ3) is 3.23. The quantitative estimate of drug-likeness (QED) is 0.778. The highest BCUT2D eigenvalue weighted by atomic mass is 79.9. The number of ketones is 1. The Morgan fingerprint density at radius 2 is 1.67 bits per heavy atom. The van der Waals surface area contributed by atoms with Gasteiger partial charge in [-0.15, -0.1) is 0 Å². The summed E-state index contributed by atoms with van der Waals surface area (Å²) in [4.78, 5) is 11.9. The molecule has 0 amide bonds. The fraction of sp³-hybridized carbons (Fsp3) is 0.0714. The average molecular weight is 311 g/mol. The molecule has 4 heteroatoms. The number of benzene rings is 2. The maximum atomic E-state index is 13.1. The van der Waals surface area contributed by atoms with Crippen molar-refractivity contribution in [3.8, 4) is 0 Å². The summed E-state index contributed by atoms with van der Waals surface area (Å²) in [6.07, 6.45) is 0.0853. The van der Waals surface area contributed by atoms with Crippen LogP contribution in [0.5, 0.6) is 0 Å². The number of carbonyl (C=O) groups is 1. The zero-order valence-corrected chi connectivity index (χ0v) is 10.9. The Balaban J connectivity index is 2.18. The number of hydrogen-bond acceptors (Lipinski definition) is 1. The van der Waals surface area contributed by atoms with Crippen molar-refractivity contribution >= 4 is 21.7 Å². The van der Waals surface area contributed by atoms with Crippen molar-refractivity contribution < 1.29 is 13.6 Å². The lowest BCUT2D eigenvalue weighted by atomic mass is 10.0. The summed E-state index contributed by atoms with van der Waals surface area (Å²) in [5.41, 5.74) is 0.994. The number of hydrogen-bond donors (Lipinski definition) is 0. The minimum absolute atomic E-state index is 0.0853. The van der Waals surface area contributed by atoms with Crippen molar-refractivity contribution in [3.05, 3.63) is 69.7 Å². The number of Topliss-reactive ketones (excluding diaryl/α,β-unsaturated/α-hetero) is 1. The third-order valence-electron chi connectivity index (χ3n) is 2.45. The van der Waals surface area contributed by atoms with Crippen LogP contribution in [0.25, 0.3) is 0 Å². The van der Waals surface area contributed by atoms with Gasteiger partial charge in [0.1, 0.15) is 11.6 Å². The summed E-state index contributed by atoms with van der Waals surface area (Å²) in [6, 6.07) is 9.63. The maximum Gasteiger partial charge on any atom is 0.167 e. The van der Waals surface area contributed by atoms with E-state index in [4.69, 9.17) is 0 Å². The largest absolute Gasteiger partial charge is 0.294 e. The van der Waals surface area contributed by atoms with Gasteiger partial charge in [0.25, 0.3) is 0 Å². The van der Waals surface area contributed by atoms with Crippen LogP contribution in [0.2, 0.25) is 0 Å². The first-order valence-electron chi connectivity index (χ1n) is 5.28. The Kier molecular flexibility index (Phi) is 3.87. The molecule has 2 aromatic carbocycles. The molecule has 2 aromatic rings. The van der Waals surface area contributed by atoms with Gasteiger partial charge in [-0.25, -0.2) is 8.78 Å². The Hall–Kier alpha value is -1.55. The number of halogens is 3. The van der Waals surface area contributed by atoms with E-state index in [0.29, 0.717) is 15.6 Å². The predicted molar refractivity (Wildman–Crippen MR) is 68.5 cm³/mol. The molecule has 0 aliphatic heterocycles. The molecule has 0 aromatic heterocycles. The smallest absolute Gasteiger partial charge is 0.167 e. The van der Waals surface area contributed by atoms with E-state index in [1.54, 1.807) is 6.07 Å². The molecular formula is C14H9BrF2O. The molecule has 0 fully saturated rings. The van der Waals surface area contributed by atoms with Crippen LogP contribution in [0.4, 0.5) is 8.78 Å². The molecule has 0 saturated heterocycles. The number of rotatable bonds is 3. The van der Waals surface area contributed by atoms with Crippen molar-refractivity contribution in [2.45, 2.75) is 6.42 Å². The topological polar surface area (TPSA) is 17.1 Å². The molecule has 0 unspecified atom stereocenters. The van der Waals surface area contributed by atoms with E-state index in [1.807, 2.05) is 0 Å². The molecule has 92 valence electrons. The molecule has 0 radical (unpaired) electrons. The second-order valence-corrected chi connectivity index (χ2v) is 4.80. The molecule has 0 aliphatic rings. The van der Waals surface area contributed by atoms with Gasteiger partial charge in [0.15, 0.2) is 5.78 Å². The Labute approximate surface area is 112 Å². The first-order valence-corrected chi connectivity index (χ1v) is 6.07. The fourth-order valence-electron chi connectivity index (χ4n) is 1.64. The molecule has 1 nitrogen and oxygen atoms in total. The van der Waals surface area contributed by atoms with Crippen LogP contribution in [0.1, 0.15) is 15.9 Å². The van der Waals surface area contributed by atoms with Gasteiger partial charge in [0.05, 0.1) is 0 Å². The van der Waals surface area contributed by atoms with Crippen LogP contribution < -0.4 is 0 Å². The van der Waals surface area contributed by atoms with Crippen LogP contribution in [0, 0.1) is 11.6 Å². The Morgan fingerprint density at radius 3 is 2.28 bits per heavy atom. The minimum atomic E-state index is -0.397. The van der Waals surface area contributed by atoms with Gasteiger partial charge in [0, 0.05) is 16.5 Å². The molecule has 0 heterocycles. The van der Waals surface area contributed by atoms with Gasteiger partial charge < -0.3 is 0 Å². The molecule has 0 N–H and O–H groups in total. The van der Waals surface area contributed by atoms with E-state index >= 15 is 0 Å². The lowest BCUT2D eigenvalue weighted by Gasteiger charge is -2.03. The monoisotopic (exact) mass is 310 g/mol. The van der Waals surface area contributed by atoms with E-state index < -0.39 is 5.82 Å². The molecule has 2 rings (SSSR count). The standard InChI is InChI=1S/C14H9BrF2O/c15-11-5-9(6-13(17)8-11)7-14(18)10-1-3-12(16)4-2-10/h1-6,8H,7H2. The molecule has 0 saturated carbocycles. The van der Waals surface area contributed by atoms with Crippen LogP contribution in [-0.2, 0) is 6.42 Å². The maximum absolute atomic E-state index is 13.1. The first kappa shape index (κ1) is 12.9. The van der Waals surface area contributed by atoms with Crippen molar-refractivity contribution in [2.24, 2.45) is 0 Å². The summed E-state index contributed by atoms with van der Waals surface area (Å²) in [5, 5.41) is 0. The Bertz CT molecular complexity index is 559. The third-order valence-corrected chi connectivity index (χ3v) is 2.91. The van der Waals surface area contributed by atoms with Gasteiger partial charge in [-0.05, 0) is 48.0 Å². The summed E-state index contributed by atoms with van der Waals surface area (Å²) >= 11 is 3.17. The summed E-state index contributed by atoms with van der Waals surface area (Å²) < 4.78 is 26.4. The lowest BCUT2D eigenvalue weighted by molar-refractivity contribution is 0.0993. The summed E-state index contributed by atoms with van der Waals surface area (Å²) in [6.45, 7) is 0. The minimum Gasteiger partial charge on any atom is -0.294 e. The van der Waals surface area contributed by atoms with Crippen LogP contribution in [0.3, 0.4) is 0 Å². The molecule has 0 spiro atoms. The van der Waals surface area contributed by atoms with Crippen LogP contribution in [-0.4, -0.2) is 5.78 Å². The SMILES string of the molecule is O=C(Cc1cc(F)cc(Br)c1)c1ccc(F)cc1. The second kappa shape index (κ2) is 5.40. The molecule has 18 heavy (non-hydrogen) atoms. The highest BCUT2D eigenvalue weighted by Gasteiger charge is 2.08. The highest BCUT2D eigenvalue weighted by molar-refractivity contribution is 9.10. The molecule has 0 atom stereocenters. The Morgan fingerprint density at radius 1 is 1.00 bits per heavy atom. The summed E-state index contributed by atoms with van der Waals surface area (Å²) in [7, 11) is 0. The van der Waals surface area contributed by atoms with Crippen molar-refractivity contribution in [3.63, 3.8) is 0 Å². The lowest BCUT2D eigenvalue weighted by Crippen LogP contribution is -2.03. The van der Waals surface area contributed by atoms with Gasteiger partial charge in [-0.1, -0.05) is 15.9 Å². The van der Waals surface area contributed by atoms with Gasteiger partial charge in [-0.3, -0.25) is 4.79 Å². The van der Waals surface area contributed by atoms with Gasteiger partial charge in [-0.2, -0.15) is 0 Å². The fourth-order valence-corrected chi connectivity index (χ4v) is 2.15. The molecular weight excluding hydrogens is 302 g/mol. The van der Waals surface area contributed by atoms with E-state index in [1.165, 1.54) is 36.4 Å². The summed E-state index contributed by atoms with van der Waals surface area (Å²) in [5.74, 6) is -0.959. The van der Waals surface area contributed by atoms with E-state index in [0.717, 1.165) is 0 Å². The van der Waals surface area contributed by atoms with Crippen molar-refractivity contribution in [2.75, 3.05) is 0 Å².